The van der Waals surface area contributed by atoms with Crippen molar-refractivity contribution < 1.29 is 31.4 Å². The lowest BCUT2D eigenvalue weighted by Crippen LogP contribution is -2.42. The van der Waals surface area contributed by atoms with E-state index in [2.05, 4.69) is 15.3 Å². The summed E-state index contributed by atoms with van der Waals surface area (Å²) in [7, 11) is -5.53. The van der Waals surface area contributed by atoms with Crippen LogP contribution >= 0.6 is 11.6 Å². The number of nitrogens with one attached hydrogen (secondary N) is 1. The largest absolute Gasteiger partial charge is 0.501 e. The van der Waals surface area contributed by atoms with Crippen LogP contribution in [-0.4, -0.2) is 54.4 Å². The molecular formula is C17H17ClF3N3O4S. The molecule has 0 spiro atoms. The fourth-order valence-electron chi connectivity index (χ4n) is 2.84. The molecule has 2 heterocycles. The van der Waals surface area contributed by atoms with E-state index in [-0.39, 0.29) is 34.9 Å². The Balaban J connectivity index is 2.01. The molecule has 1 aliphatic heterocycles. The number of benzene rings is 1. The van der Waals surface area contributed by atoms with E-state index in [0.717, 1.165) is 12.1 Å². The molecule has 0 bridgehead atoms. The molecule has 0 aliphatic carbocycles. The Labute approximate surface area is 169 Å². The predicted molar refractivity (Wildman–Crippen MR) is 99.3 cm³/mol. The highest BCUT2D eigenvalue weighted by atomic mass is 35.5. The number of aryl methyl sites for hydroxylation is 1. The minimum atomic E-state index is -5.53. The van der Waals surface area contributed by atoms with Gasteiger partial charge in [0.15, 0.2) is 0 Å². The van der Waals surface area contributed by atoms with Crippen molar-refractivity contribution in [3.8, 4) is 11.3 Å². The first-order valence-corrected chi connectivity index (χ1v) is 10.3. The number of alkyl halides is 3. The molecule has 1 aromatic heterocycles. The summed E-state index contributed by atoms with van der Waals surface area (Å²) in [5, 5.41) is 13.0. The maximum Gasteiger partial charge on any atom is 0.501 e. The molecule has 0 amide bonds. The number of aliphatic hydroxyl groups excluding tert-OH is 1. The number of hydrogen-bond donors (Lipinski definition) is 2. The molecular weight excluding hydrogens is 435 g/mol. The Kier molecular flexibility index (Phi) is 6.04. The summed E-state index contributed by atoms with van der Waals surface area (Å²) in [4.78, 5) is 7.36. The summed E-state index contributed by atoms with van der Waals surface area (Å²) in [5.74, 6) is 0.0961. The van der Waals surface area contributed by atoms with E-state index >= 15 is 0 Å². The summed E-state index contributed by atoms with van der Waals surface area (Å²) in [6.07, 6.45) is 0.969. The number of anilines is 1. The fourth-order valence-corrected chi connectivity index (χ4v) is 3.82. The van der Waals surface area contributed by atoms with Gasteiger partial charge in [-0.05, 0) is 31.0 Å². The van der Waals surface area contributed by atoms with Crippen molar-refractivity contribution in [2.75, 3.05) is 18.5 Å². The first-order chi connectivity index (χ1) is 13.5. The van der Waals surface area contributed by atoms with E-state index in [1.165, 1.54) is 12.3 Å². The van der Waals surface area contributed by atoms with E-state index < -0.39 is 26.3 Å². The molecule has 2 N–H and O–H groups in total. The highest BCUT2D eigenvalue weighted by Gasteiger charge is 2.47. The monoisotopic (exact) mass is 451 g/mol. The van der Waals surface area contributed by atoms with Crippen molar-refractivity contribution in [3.63, 3.8) is 0 Å². The van der Waals surface area contributed by atoms with E-state index in [0.29, 0.717) is 18.6 Å². The van der Waals surface area contributed by atoms with Crippen LogP contribution < -0.4 is 5.32 Å². The van der Waals surface area contributed by atoms with Gasteiger partial charge >= 0.3 is 5.51 Å². The van der Waals surface area contributed by atoms with E-state index in [4.69, 9.17) is 16.3 Å². The quantitative estimate of drug-likeness (QED) is 0.736. The van der Waals surface area contributed by atoms with E-state index in [1.54, 1.807) is 6.92 Å². The summed E-state index contributed by atoms with van der Waals surface area (Å²) in [5.41, 5.74) is -4.76. The summed E-state index contributed by atoms with van der Waals surface area (Å²) in [6, 6.07) is 2.64. The van der Waals surface area contributed by atoms with Crippen molar-refractivity contribution in [2.24, 2.45) is 0 Å². The lowest BCUT2D eigenvalue weighted by Gasteiger charge is -2.28. The van der Waals surface area contributed by atoms with Crippen LogP contribution in [0, 0.1) is 6.92 Å². The first kappa shape index (κ1) is 21.8. The Morgan fingerprint density at radius 3 is 2.72 bits per heavy atom. The molecule has 12 heteroatoms. The summed E-state index contributed by atoms with van der Waals surface area (Å²) < 4.78 is 67.4. The van der Waals surface area contributed by atoms with E-state index in [1.807, 2.05) is 0 Å². The SMILES string of the molecule is Cc1ccc(S(=O)(=O)C(F)(F)F)cc1-c1nc(N[C@@H]2CCOC[C@H]2O)ncc1Cl. The first-order valence-electron chi connectivity index (χ1n) is 8.48. The summed E-state index contributed by atoms with van der Waals surface area (Å²) in [6.45, 7) is 2.17. The normalized spacial score (nSPS) is 20.5. The molecule has 1 saturated heterocycles. The molecule has 2 atom stereocenters. The average Bonchev–Trinajstić information content (AvgIpc) is 2.64. The van der Waals surface area contributed by atoms with Gasteiger partial charge in [-0.1, -0.05) is 17.7 Å². The number of halogens is 4. The van der Waals surface area contributed by atoms with Crippen LogP contribution in [0.2, 0.25) is 5.02 Å². The zero-order valence-electron chi connectivity index (χ0n) is 15.1. The van der Waals surface area contributed by atoms with Crippen molar-refractivity contribution in [1.82, 2.24) is 9.97 Å². The second kappa shape index (κ2) is 8.05. The molecule has 2 aromatic rings. The third-order valence-electron chi connectivity index (χ3n) is 4.46. The van der Waals surface area contributed by atoms with Crippen molar-refractivity contribution >= 4 is 27.4 Å². The van der Waals surface area contributed by atoms with Crippen molar-refractivity contribution in [1.29, 1.82) is 0 Å². The molecule has 1 fully saturated rings. The molecule has 7 nitrogen and oxygen atoms in total. The van der Waals surface area contributed by atoms with Crippen molar-refractivity contribution in [3.05, 3.63) is 35.0 Å². The molecule has 29 heavy (non-hydrogen) atoms. The molecule has 158 valence electrons. The van der Waals surface area contributed by atoms with Gasteiger partial charge in [0.1, 0.15) is 0 Å². The number of rotatable bonds is 4. The number of nitrogens with zero attached hydrogens (tertiary/aromatic N) is 2. The van der Waals surface area contributed by atoms with Gasteiger partial charge in [0.2, 0.25) is 5.95 Å². The van der Waals surface area contributed by atoms with E-state index in [9.17, 15) is 26.7 Å². The minimum absolute atomic E-state index is 0.0349. The Hall–Kier alpha value is -1.95. The van der Waals surface area contributed by atoms with Gasteiger partial charge in [-0.25, -0.2) is 18.4 Å². The molecule has 0 radical (unpaired) electrons. The molecule has 1 aliphatic rings. The minimum Gasteiger partial charge on any atom is -0.389 e. The predicted octanol–water partition coefficient (Wildman–Crippen LogP) is 2.96. The fraction of sp³-hybridized carbons (Fsp3) is 0.412. The van der Waals surface area contributed by atoms with Gasteiger partial charge in [-0.15, -0.1) is 0 Å². The second-order valence-electron chi connectivity index (χ2n) is 6.50. The van der Waals surface area contributed by atoms with Crippen LogP contribution in [0.4, 0.5) is 19.1 Å². The van der Waals surface area contributed by atoms with Gasteiger partial charge in [-0.3, -0.25) is 0 Å². The van der Waals surface area contributed by atoms with Crippen LogP contribution in [0.25, 0.3) is 11.3 Å². The number of aliphatic hydroxyl groups is 1. The highest BCUT2D eigenvalue weighted by molar-refractivity contribution is 7.92. The second-order valence-corrected chi connectivity index (χ2v) is 8.85. The third kappa shape index (κ3) is 4.47. The zero-order chi connectivity index (χ0) is 21.4. The molecule has 0 saturated carbocycles. The van der Waals surface area contributed by atoms with Gasteiger partial charge in [-0.2, -0.15) is 13.2 Å². The zero-order valence-corrected chi connectivity index (χ0v) is 16.6. The van der Waals surface area contributed by atoms with Gasteiger partial charge in [0.05, 0.1) is 40.6 Å². The molecule has 1 aromatic carbocycles. The Bertz CT molecular complexity index is 1020. The van der Waals surface area contributed by atoms with Crippen LogP contribution in [0.5, 0.6) is 0 Å². The smallest absolute Gasteiger partial charge is 0.389 e. The lowest BCUT2D eigenvalue weighted by molar-refractivity contribution is -0.0436. The van der Waals surface area contributed by atoms with Crippen molar-refractivity contribution in [2.45, 2.75) is 35.9 Å². The average molecular weight is 452 g/mol. The third-order valence-corrected chi connectivity index (χ3v) is 6.22. The van der Waals surface area contributed by atoms with Crippen LogP contribution in [0.3, 0.4) is 0 Å². The maximum atomic E-state index is 12.9. The molecule has 3 rings (SSSR count). The van der Waals surface area contributed by atoms with Gasteiger partial charge in [0.25, 0.3) is 9.84 Å². The van der Waals surface area contributed by atoms with Crippen LogP contribution in [0.1, 0.15) is 12.0 Å². The highest BCUT2D eigenvalue weighted by Crippen LogP contribution is 2.35. The lowest BCUT2D eigenvalue weighted by atomic mass is 10.1. The van der Waals surface area contributed by atoms with Crippen LogP contribution in [-0.2, 0) is 14.6 Å². The number of ether oxygens (including phenoxy) is 1. The summed E-state index contributed by atoms with van der Waals surface area (Å²) >= 11 is 6.14. The standard InChI is InChI=1S/C17H17ClF3N3O4S/c1-9-2-3-10(29(26,27)17(19,20)21)6-11(9)15-12(18)7-22-16(24-15)23-13-4-5-28-8-14(13)25/h2-3,6-7,13-14,25H,4-5,8H2,1H3,(H,22,23,24)/t13-,14-/m1/s1. The van der Waals surface area contributed by atoms with Crippen LogP contribution in [0.15, 0.2) is 29.3 Å². The maximum absolute atomic E-state index is 12.9. The number of hydrogen-bond acceptors (Lipinski definition) is 7. The Morgan fingerprint density at radius 2 is 2.07 bits per heavy atom. The van der Waals surface area contributed by atoms with Gasteiger partial charge in [0, 0.05) is 12.2 Å². The Morgan fingerprint density at radius 1 is 1.34 bits per heavy atom. The topological polar surface area (TPSA) is 101 Å². The molecule has 0 unspecified atom stereocenters. The number of sulfone groups is 1. The van der Waals surface area contributed by atoms with Gasteiger partial charge < -0.3 is 15.2 Å². The number of aromatic nitrogens is 2.